The number of hydrogen-bond donors (Lipinski definition) is 2. The maximum atomic E-state index is 12.1. The summed E-state index contributed by atoms with van der Waals surface area (Å²) in [5.41, 5.74) is 1.31. The summed E-state index contributed by atoms with van der Waals surface area (Å²) in [5, 5.41) is 6.74. The zero-order valence-corrected chi connectivity index (χ0v) is 19.6. The van der Waals surface area contributed by atoms with Crippen molar-refractivity contribution in [2.45, 2.75) is 39.2 Å². The minimum absolute atomic E-state index is 0. The molecule has 7 heteroatoms. The second-order valence-corrected chi connectivity index (χ2v) is 7.27. The fourth-order valence-electron chi connectivity index (χ4n) is 3.15. The number of benzene rings is 1. The van der Waals surface area contributed by atoms with Crippen LogP contribution in [0.5, 0.6) is 0 Å². The van der Waals surface area contributed by atoms with Gasteiger partial charge in [-0.15, -0.1) is 24.0 Å². The smallest absolute Gasteiger partial charge is 0.225 e. The summed E-state index contributed by atoms with van der Waals surface area (Å²) in [6, 6.07) is 10.7. The standard InChI is InChI=1S/C21H34N4O2.HI/c1-17(2)20(26)25-13-10-19(16-25)24-21(22-3)23-12-7-14-27-15-11-18-8-5-4-6-9-18;/h4-6,8-9,17,19H,7,10-16H2,1-3H3,(H2,22,23,24);1H. The van der Waals surface area contributed by atoms with Crippen LogP contribution in [-0.4, -0.2) is 62.7 Å². The number of nitrogens with zero attached hydrogens (tertiary/aromatic N) is 2. The van der Waals surface area contributed by atoms with Gasteiger partial charge in [-0.2, -0.15) is 0 Å². The molecule has 1 fully saturated rings. The predicted octanol–water partition coefficient (Wildman–Crippen LogP) is 2.68. The molecule has 0 radical (unpaired) electrons. The van der Waals surface area contributed by atoms with E-state index in [1.54, 1.807) is 7.05 Å². The molecule has 158 valence electrons. The fourth-order valence-corrected chi connectivity index (χ4v) is 3.15. The number of guanidine groups is 1. The first-order chi connectivity index (χ1) is 13.1. The molecule has 1 aromatic carbocycles. The summed E-state index contributed by atoms with van der Waals surface area (Å²) in [6.07, 6.45) is 2.84. The Morgan fingerprint density at radius 3 is 2.71 bits per heavy atom. The van der Waals surface area contributed by atoms with Crippen LogP contribution in [0.2, 0.25) is 0 Å². The second-order valence-electron chi connectivity index (χ2n) is 7.27. The van der Waals surface area contributed by atoms with Gasteiger partial charge in [-0.1, -0.05) is 44.2 Å². The van der Waals surface area contributed by atoms with E-state index in [9.17, 15) is 4.79 Å². The highest BCUT2D eigenvalue weighted by Crippen LogP contribution is 2.12. The largest absolute Gasteiger partial charge is 0.381 e. The maximum Gasteiger partial charge on any atom is 0.225 e. The summed E-state index contributed by atoms with van der Waals surface area (Å²) >= 11 is 0. The van der Waals surface area contributed by atoms with E-state index >= 15 is 0 Å². The first-order valence-electron chi connectivity index (χ1n) is 9.97. The minimum Gasteiger partial charge on any atom is -0.381 e. The van der Waals surface area contributed by atoms with E-state index in [1.165, 1.54) is 5.56 Å². The van der Waals surface area contributed by atoms with Crippen molar-refractivity contribution in [3.05, 3.63) is 35.9 Å². The highest BCUT2D eigenvalue weighted by Gasteiger charge is 2.27. The summed E-state index contributed by atoms with van der Waals surface area (Å²) in [6.45, 7) is 7.76. The molecule has 0 aliphatic carbocycles. The van der Waals surface area contributed by atoms with E-state index in [2.05, 4.69) is 39.9 Å². The van der Waals surface area contributed by atoms with E-state index in [-0.39, 0.29) is 41.8 Å². The number of nitrogens with one attached hydrogen (secondary N) is 2. The molecular formula is C21H35IN4O2. The van der Waals surface area contributed by atoms with Gasteiger partial charge in [0.2, 0.25) is 5.91 Å². The van der Waals surface area contributed by atoms with Crippen LogP contribution in [0.3, 0.4) is 0 Å². The normalized spacial score (nSPS) is 16.8. The molecule has 0 bridgehead atoms. The first kappa shape index (κ1) is 24.7. The van der Waals surface area contributed by atoms with Gasteiger partial charge in [0.1, 0.15) is 0 Å². The lowest BCUT2D eigenvalue weighted by Gasteiger charge is -2.20. The number of halogens is 1. The monoisotopic (exact) mass is 502 g/mol. The average molecular weight is 502 g/mol. The van der Waals surface area contributed by atoms with Crippen molar-refractivity contribution in [3.8, 4) is 0 Å². The van der Waals surface area contributed by atoms with E-state index in [0.717, 1.165) is 58.1 Å². The third-order valence-electron chi connectivity index (χ3n) is 4.69. The molecule has 0 spiro atoms. The Morgan fingerprint density at radius 1 is 1.29 bits per heavy atom. The number of carbonyl (C=O) groups is 1. The average Bonchev–Trinajstić information content (AvgIpc) is 3.14. The van der Waals surface area contributed by atoms with Gasteiger partial charge in [0.25, 0.3) is 0 Å². The molecular weight excluding hydrogens is 467 g/mol. The molecule has 1 atom stereocenters. The number of likely N-dealkylation sites (tertiary alicyclic amines) is 1. The number of hydrogen-bond acceptors (Lipinski definition) is 3. The van der Waals surface area contributed by atoms with Crippen molar-refractivity contribution < 1.29 is 9.53 Å². The summed E-state index contributed by atoms with van der Waals surface area (Å²) in [4.78, 5) is 18.3. The van der Waals surface area contributed by atoms with Crippen molar-refractivity contribution in [2.24, 2.45) is 10.9 Å². The topological polar surface area (TPSA) is 66.0 Å². The molecule has 6 nitrogen and oxygen atoms in total. The molecule has 1 aliphatic heterocycles. The zero-order valence-electron chi connectivity index (χ0n) is 17.3. The highest BCUT2D eigenvalue weighted by molar-refractivity contribution is 14.0. The van der Waals surface area contributed by atoms with Crippen LogP contribution >= 0.6 is 24.0 Å². The summed E-state index contributed by atoms with van der Waals surface area (Å²) in [5.74, 6) is 1.08. The van der Waals surface area contributed by atoms with Crippen molar-refractivity contribution in [1.82, 2.24) is 15.5 Å². The van der Waals surface area contributed by atoms with Gasteiger partial charge in [0, 0.05) is 45.2 Å². The lowest BCUT2D eigenvalue weighted by Crippen LogP contribution is -2.45. The van der Waals surface area contributed by atoms with Crippen LogP contribution in [0.1, 0.15) is 32.3 Å². The molecule has 28 heavy (non-hydrogen) atoms. The van der Waals surface area contributed by atoms with E-state index in [4.69, 9.17) is 4.74 Å². The Balaban J connectivity index is 0.00000392. The number of amides is 1. The molecule has 1 saturated heterocycles. The van der Waals surface area contributed by atoms with Gasteiger partial charge in [-0.3, -0.25) is 9.79 Å². The number of rotatable bonds is 9. The minimum atomic E-state index is 0. The summed E-state index contributed by atoms with van der Waals surface area (Å²) < 4.78 is 5.70. The maximum absolute atomic E-state index is 12.1. The van der Waals surface area contributed by atoms with Gasteiger partial charge in [0.15, 0.2) is 5.96 Å². The SMILES string of the molecule is CN=C(NCCCOCCc1ccccc1)NC1CCN(C(=O)C(C)C)C1.I. The van der Waals surface area contributed by atoms with E-state index in [1.807, 2.05) is 24.8 Å². The fraction of sp³-hybridized carbons (Fsp3) is 0.619. The predicted molar refractivity (Wildman–Crippen MR) is 125 cm³/mol. The van der Waals surface area contributed by atoms with Crippen LogP contribution in [0.25, 0.3) is 0 Å². The van der Waals surface area contributed by atoms with E-state index in [0.29, 0.717) is 0 Å². The molecule has 1 amide bonds. The van der Waals surface area contributed by atoms with Crippen LogP contribution in [0.4, 0.5) is 0 Å². The lowest BCUT2D eigenvalue weighted by molar-refractivity contribution is -0.133. The van der Waals surface area contributed by atoms with Gasteiger partial charge < -0.3 is 20.3 Å². The summed E-state index contributed by atoms with van der Waals surface area (Å²) in [7, 11) is 1.78. The third-order valence-corrected chi connectivity index (χ3v) is 4.69. The molecule has 0 saturated carbocycles. The van der Waals surface area contributed by atoms with Crippen molar-refractivity contribution in [2.75, 3.05) is 39.9 Å². The molecule has 2 N–H and O–H groups in total. The zero-order chi connectivity index (χ0) is 19.5. The Labute approximate surface area is 186 Å². The Hall–Kier alpha value is -1.35. The van der Waals surface area contributed by atoms with Crippen LogP contribution in [0, 0.1) is 5.92 Å². The van der Waals surface area contributed by atoms with Crippen molar-refractivity contribution in [3.63, 3.8) is 0 Å². The lowest BCUT2D eigenvalue weighted by atomic mass is 10.2. The molecule has 0 aromatic heterocycles. The van der Waals surface area contributed by atoms with Gasteiger partial charge in [-0.05, 0) is 24.8 Å². The molecule has 1 aliphatic rings. The Kier molecular flexibility index (Phi) is 12.1. The molecule has 1 aromatic rings. The van der Waals surface area contributed by atoms with E-state index < -0.39 is 0 Å². The van der Waals surface area contributed by atoms with Crippen LogP contribution in [-0.2, 0) is 16.0 Å². The number of ether oxygens (including phenoxy) is 1. The molecule has 1 unspecified atom stereocenters. The van der Waals surface area contributed by atoms with Gasteiger partial charge in [0.05, 0.1) is 6.61 Å². The van der Waals surface area contributed by atoms with Gasteiger partial charge >= 0.3 is 0 Å². The van der Waals surface area contributed by atoms with Crippen molar-refractivity contribution >= 4 is 35.8 Å². The third kappa shape index (κ3) is 8.77. The number of carbonyl (C=O) groups excluding carboxylic acids is 1. The Morgan fingerprint density at radius 2 is 2.04 bits per heavy atom. The number of aliphatic imine (C=N–C) groups is 1. The Bertz CT molecular complexity index is 595. The van der Waals surface area contributed by atoms with Gasteiger partial charge in [-0.25, -0.2) is 0 Å². The van der Waals surface area contributed by atoms with Crippen LogP contribution < -0.4 is 10.6 Å². The quantitative estimate of drug-likeness (QED) is 0.236. The van der Waals surface area contributed by atoms with Crippen LogP contribution in [0.15, 0.2) is 35.3 Å². The molecule has 1 heterocycles. The molecule has 2 rings (SSSR count). The second kappa shape index (κ2) is 13.8. The first-order valence-corrected chi connectivity index (χ1v) is 9.97. The highest BCUT2D eigenvalue weighted by atomic mass is 127. The van der Waals surface area contributed by atoms with Crippen molar-refractivity contribution in [1.29, 1.82) is 0 Å².